The van der Waals surface area contributed by atoms with Crippen molar-refractivity contribution in [1.29, 1.82) is 0 Å². The van der Waals surface area contributed by atoms with Crippen LogP contribution in [0.3, 0.4) is 0 Å². The number of hydrogen-bond donors (Lipinski definition) is 2. The smallest absolute Gasteiger partial charge is 0.291 e. The minimum Gasteiger partial charge on any atom is -0.459 e. The Bertz CT molecular complexity index is 994. The second kappa shape index (κ2) is 9.73. The number of aryl methyl sites for hydroxylation is 1. The maximum atomic E-state index is 12.6. The first kappa shape index (κ1) is 21.1. The second-order valence-corrected chi connectivity index (χ2v) is 6.84. The van der Waals surface area contributed by atoms with E-state index in [1.807, 2.05) is 19.1 Å². The van der Waals surface area contributed by atoms with Crippen molar-refractivity contribution in [3.8, 4) is 0 Å². The van der Waals surface area contributed by atoms with Crippen molar-refractivity contribution in [1.82, 2.24) is 10.3 Å². The summed E-state index contributed by atoms with van der Waals surface area (Å²) in [6.07, 6.45) is 3.22. The third kappa shape index (κ3) is 5.05. The van der Waals surface area contributed by atoms with E-state index in [-0.39, 0.29) is 17.6 Å². The van der Waals surface area contributed by atoms with Crippen LogP contribution in [0.5, 0.6) is 0 Å². The number of benzene rings is 1. The van der Waals surface area contributed by atoms with E-state index in [9.17, 15) is 9.59 Å². The van der Waals surface area contributed by atoms with Crippen molar-refractivity contribution in [2.75, 3.05) is 23.3 Å². The summed E-state index contributed by atoms with van der Waals surface area (Å²) in [5, 5.41) is 5.68. The first-order valence-electron chi connectivity index (χ1n) is 9.95. The zero-order valence-electron chi connectivity index (χ0n) is 17.4. The third-order valence-corrected chi connectivity index (χ3v) is 4.84. The quantitative estimate of drug-likeness (QED) is 0.590. The van der Waals surface area contributed by atoms with Gasteiger partial charge in [-0.3, -0.25) is 9.59 Å². The molecule has 2 aromatic heterocycles. The Morgan fingerprint density at radius 3 is 2.50 bits per heavy atom. The van der Waals surface area contributed by atoms with Gasteiger partial charge in [0.15, 0.2) is 5.76 Å². The van der Waals surface area contributed by atoms with E-state index in [0.29, 0.717) is 17.8 Å². The Hall–Kier alpha value is -3.61. The third-order valence-electron chi connectivity index (χ3n) is 4.84. The van der Waals surface area contributed by atoms with E-state index in [4.69, 9.17) is 4.42 Å². The summed E-state index contributed by atoms with van der Waals surface area (Å²) in [6, 6.07) is 12.3. The number of hydrogen-bond acceptors (Lipinski definition) is 5. The lowest BCUT2D eigenvalue weighted by atomic mass is 10.1. The SMILES string of the molecule is CCN(CC)c1ccc(CNC(=O)c2ccc(C)c(NC(=O)c3ccco3)c2)cn1. The molecule has 7 nitrogen and oxygen atoms in total. The minimum absolute atomic E-state index is 0.213. The first-order chi connectivity index (χ1) is 14.5. The van der Waals surface area contributed by atoms with Gasteiger partial charge >= 0.3 is 0 Å². The number of anilines is 2. The van der Waals surface area contributed by atoms with Gasteiger partial charge < -0.3 is 20.0 Å². The van der Waals surface area contributed by atoms with Gasteiger partial charge in [-0.1, -0.05) is 12.1 Å². The molecule has 0 aliphatic carbocycles. The Labute approximate surface area is 176 Å². The van der Waals surface area contributed by atoms with E-state index in [1.165, 1.54) is 6.26 Å². The standard InChI is InChI=1S/C23H26N4O3/c1-4-27(5-2)21-11-9-17(14-24-21)15-25-22(28)18-10-8-16(3)19(13-18)26-23(29)20-7-6-12-30-20/h6-14H,4-5,15H2,1-3H3,(H,25,28)(H,26,29). The molecule has 0 fully saturated rings. The highest BCUT2D eigenvalue weighted by Gasteiger charge is 2.13. The van der Waals surface area contributed by atoms with Crippen LogP contribution in [0.25, 0.3) is 0 Å². The molecule has 3 aromatic rings. The van der Waals surface area contributed by atoms with Gasteiger partial charge in [-0.05, 0) is 62.2 Å². The van der Waals surface area contributed by atoms with Gasteiger partial charge in [-0.2, -0.15) is 0 Å². The van der Waals surface area contributed by atoms with Crippen LogP contribution < -0.4 is 15.5 Å². The number of amides is 2. The van der Waals surface area contributed by atoms with Gasteiger partial charge in [0.05, 0.1) is 6.26 Å². The maximum absolute atomic E-state index is 12.6. The number of carbonyl (C=O) groups is 2. The van der Waals surface area contributed by atoms with Crippen molar-refractivity contribution in [3.63, 3.8) is 0 Å². The topological polar surface area (TPSA) is 87.5 Å². The molecule has 3 rings (SSSR count). The summed E-state index contributed by atoms with van der Waals surface area (Å²) in [5.74, 6) is 0.548. The lowest BCUT2D eigenvalue weighted by Gasteiger charge is -2.19. The number of pyridine rings is 1. The van der Waals surface area contributed by atoms with Crippen LogP contribution in [-0.2, 0) is 6.54 Å². The molecule has 0 unspecified atom stereocenters. The van der Waals surface area contributed by atoms with Crippen LogP contribution in [0.2, 0.25) is 0 Å². The lowest BCUT2D eigenvalue weighted by molar-refractivity contribution is 0.0949. The summed E-state index contributed by atoms with van der Waals surface area (Å²) in [4.78, 5) is 31.4. The van der Waals surface area contributed by atoms with E-state index in [0.717, 1.165) is 30.0 Å². The number of nitrogens with one attached hydrogen (secondary N) is 2. The summed E-state index contributed by atoms with van der Waals surface area (Å²) in [6.45, 7) is 8.20. The molecule has 156 valence electrons. The summed E-state index contributed by atoms with van der Waals surface area (Å²) < 4.78 is 5.11. The molecular formula is C23H26N4O3. The average Bonchev–Trinajstić information content (AvgIpc) is 3.30. The fourth-order valence-electron chi connectivity index (χ4n) is 3.03. The number of furan rings is 1. The van der Waals surface area contributed by atoms with Crippen molar-refractivity contribution < 1.29 is 14.0 Å². The molecule has 0 radical (unpaired) electrons. The molecule has 2 heterocycles. The van der Waals surface area contributed by atoms with Gasteiger partial charge in [0.1, 0.15) is 5.82 Å². The van der Waals surface area contributed by atoms with Crippen molar-refractivity contribution in [2.24, 2.45) is 0 Å². The number of rotatable bonds is 8. The van der Waals surface area contributed by atoms with Crippen LogP contribution in [0.4, 0.5) is 11.5 Å². The highest BCUT2D eigenvalue weighted by atomic mass is 16.3. The normalized spacial score (nSPS) is 10.5. The number of aromatic nitrogens is 1. The second-order valence-electron chi connectivity index (χ2n) is 6.84. The van der Waals surface area contributed by atoms with E-state index >= 15 is 0 Å². The summed E-state index contributed by atoms with van der Waals surface area (Å²) >= 11 is 0. The Balaban J connectivity index is 1.63. The predicted octanol–water partition coefficient (Wildman–Crippen LogP) is 4.01. The Kier molecular flexibility index (Phi) is 6.85. The molecule has 2 amide bonds. The monoisotopic (exact) mass is 406 g/mol. The van der Waals surface area contributed by atoms with Gasteiger partial charge in [-0.25, -0.2) is 4.98 Å². The number of carbonyl (C=O) groups excluding carboxylic acids is 2. The molecule has 2 N–H and O–H groups in total. The van der Waals surface area contributed by atoms with Crippen molar-refractivity contribution >= 4 is 23.3 Å². The highest BCUT2D eigenvalue weighted by molar-refractivity contribution is 6.03. The van der Waals surface area contributed by atoms with Crippen LogP contribution in [0.15, 0.2) is 59.3 Å². The molecule has 30 heavy (non-hydrogen) atoms. The van der Waals surface area contributed by atoms with Gasteiger partial charge in [0.2, 0.25) is 0 Å². The molecule has 0 aliphatic heterocycles. The maximum Gasteiger partial charge on any atom is 0.291 e. The lowest BCUT2D eigenvalue weighted by Crippen LogP contribution is -2.24. The Morgan fingerprint density at radius 1 is 1.07 bits per heavy atom. The fourth-order valence-corrected chi connectivity index (χ4v) is 3.03. The predicted molar refractivity (Wildman–Crippen MR) is 117 cm³/mol. The zero-order valence-corrected chi connectivity index (χ0v) is 17.4. The van der Waals surface area contributed by atoms with Crippen molar-refractivity contribution in [3.05, 3.63) is 77.4 Å². The molecule has 0 bridgehead atoms. The van der Waals surface area contributed by atoms with E-state index < -0.39 is 0 Å². The zero-order chi connectivity index (χ0) is 21.5. The van der Waals surface area contributed by atoms with Gasteiger partial charge in [0.25, 0.3) is 11.8 Å². The van der Waals surface area contributed by atoms with Crippen LogP contribution in [0, 0.1) is 6.92 Å². The van der Waals surface area contributed by atoms with Crippen LogP contribution in [0.1, 0.15) is 45.9 Å². The van der Waals surface area contributed by atoms with Crippen LogP contribution >= 0.6 is 0 Å². The van der Waals surface area contributed by atoms with Gasteiger partial charge in [0, 0.05) is 37.1 Å². The number of nitrogens with zero attached hydrogens (tertiary/aromatic N) is 2. The van der Waals surface area contributed by atoms with Gasteiger partial charge in [-0.15, -0.1) is 0 Å². The molecule has 0 atom stereocenters. The van der Waals surface area contributed by atoms with Crippen LogP contribution in [-0.4, -0.2) is 29.9 Å². The fraction of sp³-hybridized carbons (Fsp3) is 0.261. The largest absolute Gasteiger partial charge is 0.459 e. The highest BCUT2D eigenvalue weighted by Crippen LogP contribution is 2.18. The minimum atomic E-state index is -0.361. The molecular weight excluding hydrogens is 380 g/mol. The van der Waals surface area contributed by atoms with E-state index in [1.54, 1.807) is 36.5 Å². The van der Waals surface area contributed by atoms with E-state index in [2.05, 4.69) is 34.4 Å². The summed E-state index contributed by atoms with van der Waals surface area (Å²) in [7, 11) is 0. The van der Waals surface area contributed by atoms with Crippen molar-refractivity contribution in [2.45, 2.75) is 27.3 Å². The molecule has 0 aliphatic rings. The summed E-state index contributed by atoms with van der Waals surface area (Å²) in [5.41, 5.74) is 2.79. The first-order valence-corrected chi connectivity index (χ1v) is 9.95. The Morgan fingerprint density at radius 2 is 1.87 bits per heavy atom. The average molecular weight is 406 g/mol. The molecule has 0 spiro atoms. The molecule has 0 saturated carbocycles. The molecule has 0 saturated heterocycles. The molecule has 7 heteroatoms. The molecule has 1 aromatic carbocycles.